The molecule has 1 amide bonds. The Hall–Kier alpha value is -3.47. The van der Waals surface area contributed by atoms with E-state index in [4.69, 9.17) is 10.5 Å². The molecule has 3 aromatic heterocycles. The number of hydrogen-bond acceptors (Lipinski definition) is 6. The van der Waals surface area contributed by atoms with Crippen molar-refractivity contribution in [2.45, 2.75) is 6.18 Å². The van der Waals surface area contributed by atoms with E-state index in [1.54, 1.807) is 24.5 Å². The van der Waals surface area contributed by atoms with Gasteiger partial charge in [0.05, 0.1) is 18.5 Å². The smallest absolute Gasteiger partial charge is 0.411 e. The zero-order valence-corrected chi connectivity index (χ0v) is 14.9. The summed E-state index contributed by atoms with van der Waals surface area (Å²) in [5, 5.41) is 0. The van der Waals surface area contributed by atoms with Crippen LogP contribution in [0, 0.1) is 0 Å². The monoisotopic (exact) mass is 407 g/mol. The Morgan fingerprint density at radius 3 is 2.72 bits per heavy atom. The Bertz CT molecular complexity index is 1020. The van der Waals surface area contributed by atoms with E-state index in [9.17, 15) is 18.0 Å². The summed E-state index contributed by atoms with van der Waals surface area (Å²) < 4.78 is 45.6. The molecular formula is C18H16F3N5O3. The summed E-state index contributed by atoms with van der Waals surface area (Å²) in [7, 11) is 0. The molecule has 8 nitrogen and oxygen atoms in total. The predicted octanol–water partition coefficient (Wildman–Crippen LogP) is 2.48. The van der Waals surface area contributed by atoms with Gasteiger partial charge in [0.2, 0.25) is 11.8 Å². The van der Waals surface area contributed by atoms with E-state index >= 15 is 0 Å². The van der Waals surface area contributed by atoms with Crippen LogP contribution in [0.3, 0.4) is 0 Å². The van der Waals surface area contributed by atoms with Crippen molar-refractivity contribution >= 4 is 23.1 Å². The number of aromatic amines is 1. The first kappa shape index (κ1) is 20.3. The van der Waals surface area contributed by atoms with Crippen molar-refractivity contribution in [1.29, 1.82) is 0 Å². The summed E-state index contributed by atoms with van der Waals surface area (Å²) in [5.74, 6) is -0.336. The number of nitrogens with two attached hydrogens (primary N) is 1. The molecule has 0 aliphatic heterocycles. The van der Waals surface area contributed by atoms with Gasteiger partial charge in [-0.3, -0.25) is 4.79 Å². The summed E-state index contributed by atoms with van der Waals surface area (Å²) in [5.41, 5.74) is 8.06. The van der Waals surface area contributed by atoms with Crippen LogP contribution in [-0.2, 0) is 9.53 Å². The third-order valence-electron chi connectivity index (χ3n) is 3.61. The molecule has 0 fully saturated rings. The number of halogens is 3. The van der Waals surface area contributed by atoms with E-state index in [1.165, 1.54) is 18.3 Å². The molecule has 0 saturated heterocycles. The number of pyridine rings is 1. The van der Waals surface area contributed by atoms with Crippen LogP contribution < -0.4 is 10.5 Å². The lowest BCUT2D eigenvalue weighted by Crippen LogP contribution is -2.19. The van der Waals surface area contributed by atoms with Crippen molar-refractivity contribution in [3.05, 3.63) is 42.4 Å². The summed E-state index contributed by atoms with van der Waals surface area (Å²) >= 11 is 0. The number of hydrogen-bond donors (Lipinski definition) is 2. The quantitative estimate of drug-likeness (QED) is 0.438. The molecule has 0 aromatic carbocycles. The largest absolute Gasteiger partial charge is 0.475 e. The van der Waals surface area contributed by atoms with Gasteiger partial charge in [0.25, 0.3) is 0 Å². The molecule has 152 valence electrons. The van der Waals surface area contributed by atoms with Crippen molar-refractivity contribution < 1.29 is 27.4 Å². The summed E-state index contributed by atoms with van der Waals surface area (Å²) in [6.07, 6.45) is 3.12. The molecule has 0 spiro atoms. The van der Waals surface area contributed by atoms with Gasteiger partial charge in [0, 0.05) is 35.7 Å². The average Bonchev–Trinajstić information content (AvgIpc) is 3.08. The Morgan fingerprint density at radius 2 is 2.03 bits per heavy atom. The Labute approximate surface area is 162 Å². The molecule has 3 aromatic rings. The fourth-order valence-electron chi connectivity index (χ4n) is 2.36. The number of H-pyrrole nitrogens is 1. The van der Waals surface area contributed by atoms with Gasteiger partial charge in [-0.1, -0.05) is 0 Å². The highest BCUT2D eigenvalue weighted by Crippen LogP contribution is 2.22. The molecule has 11 heteroatoms. The minimum atomic E-state index is -4.36. The molecule has 3 rings (SSSR count). The number of ether oxygens (including phenoxy) is 2. The van der Waals surface area contributed by atoms with Crippen LogP contribution in [0.15, 0.2) is 36.8 Å². The highest BCUT2D eigenvalue weighted by atomic mass is 19.4. The number of carbonyl (C=O) groups is 1. The molecule has 0 aliphatic carbocycles. The molecule has 0 bridgehead atoms. The van der Waals surface area contributed by atoms with Gasteiger partial charge in [-0.25, -0.2) is 15.0 Å². The molecule has 0 aliphatic rings. The summed E-state index contributed by atoms with van der Waals surface area (Å²) in [4.78, 5) is 26.8. The minimum Gasteiger partial charge on any atom is -0.475 e. The zero-order valence-electron chi connectivity index (χ0n) is 14.9. The molecule has 3 heterocycles. The number of amides is 1. The number of aromatic nitrogens is 4. The number of alkyl halides is 3. The van der Waals surface area contributed by atoms with E-state index in [1.807, 2.05) is 0 Å². The molecule has 3 N–H and O–H groups in total. The van der Waals surface area contributed by atoms with Crippen LogP contribution in [0.4, 0.5) is 13.2 Å². The SMILES string of the molecule is NC(=O)/C=C/c1c[nH]c2ncc(-c3ccc(OCCOCC(F)(F)F)nc3)nc12. The van der Waals surface area contributed by atoms with Gasteiger partial charge in [-0.05, 0) is 12.1 Å². The second-order valence-corrected chi connectivity index (χ2v) is 5.83. The van der Waals surface area contributed by atoms with Gasteiger partial charge < -0.3 is 20.2 Å². The molecule has 0 saturated carbocycles. The summed E-state index contributed by atoms with van der Waals surface area (Å²) in [6, 6.07) is 3.26. The standard InChI is InChI=1S/C18H16F3N5O3/c19-18(20,21)10-28-5-6-29-15-4-2-11(7-23-15)13-9-25-17-16(26-13)12(8-24-17)1-3-14(22)27/h1-4,7-9H,5-6,10H2,(H2,22,27)(H,24,25)/b3-1+. The fourth-order valence-corrected chi connectivity index (χ4v) is 2.36. The summed E-state index contributed by atoms with van der Waals surface area (Å²) in [6.45, 7) is -1.59. The number of carbonyl (C=O) groups excluding carboxylic acids is 1. The predicted molar refractivity (Wildman–Crippen MR) is 97.7 cm³/mol. The van der Waals surface area contributed by atoms with Gasteiger partial charge in [-0.15, -0.1) is 0 Å². The highest BCUT2D eigenvalue weighted by Gasteiger charge is 2.27. The maximum absolute atomic E-state index is 12.0. The zero-order chi connectivity index (χ0) is 20.9. The number of nitrogens with zero attached hydrogens (tertiary/aromatic N) is 3. The molecule has 0 unspecified atom stereocenters. The van der Waals surface area contributed by atoms with Crippen molar-refractivity contribution in [2.24, 2.45) is 5.73 Å². The minimum absolute atomic E-state index is 0.0624. The second kappa shape index (κ2) is 8.69. The van der Waals surface area contributed by atoms with Crippen LogP contribution >= 0.6 is 0 Å². The van der Waals surface area contributed by atoms with Gasteiger partial charge >= 0.3 is 6.18 Å². The van der Waals surface area contributed by atoms with Crippen LogP contribution in [0.5, 0.6) is 5.88 Å². The van der Waals surface area contributed by atoms with E-state index in [0.717, 1.165) is 0 Å². The topological polar surface area (TPSA) is 116 Å². The second-order valence-electron chi connectivity index (χ2n) is 5.83. The van der Waals surface area contributed by atoms with Crippen molar-refractivity contribution in [3.8, 4) is 17.1 Å². The Morgan fingerprint density at radius 1 is 1.21 bits per heavy atom. The number of primary amides is 1. The maximum Gasteiger partial charge on any atom is 0.411 e. The molecule has 29 heavy (non-hydrogen) atoms. The lowest BCUT2D eigenvalue weighted by atomic mass is 10.2. The van der Waals surface area contributed by atoms with E-state index < -0.39 is 18.7 Å². The first-order valence-electron chi connectivity index (χ1n) is 8.37. The van der Waals surface area contributed by atoms with E-state index in [2.05, 4.69) is 24.7 Å². The Kier molecular flexibility index (Phi) is 6.07. The number of rotatable bonds is 8. The first-order chi connectivity index (χ1) is 13.8. The van der Waals surface area contributed by atoms with E-state index in [-0.39, 0.29) is 19.1 Å². The third kappa shape index (κ3) is 5.75. The van der Waals surface area contributed by atoms with Crippen LogP contribution in [0.2, 0.25) is 0 Å². The van der Waals surface area contributed by atoms with Crippen LogP contribution in [-0.4, -0.2) is 51.8 Å². The fraction of sp³-hybridized carbons (Fsp3) is 0.222. The lowest BCUT2D eigenvalue weighted by molar-refractivity contribution is -0.175. The molecular weight excluding hydrogens is 391 g/mol. The van der Waals surface area contributed by atoms with Crippen LogP contribution in [0.25, 0.3) is 28.5 Å². The molecule has 0 radical (unpaired) electrons. The van der Waals surface area contributed by atoms with Crippen LogP contribution in [0.1, 0.15) is 5.56 Å². The molecule has 0 atom stereocenters. The van der Waals surface area contributed by atoms with Gasteiger partial charge in [0.1, 0.15) is 18.7 Å². The Balaban J connectivity index is 1.65. The van der Waals surface area contributed by atoms with Crippen molar-refractivity contribution in [3.63, 3.8) is 0 Å². The third-order valence-corrected chi connectivity index (χ3v) is 3.61. The van der Waals surface area contributed by atoms with E-state index in [0.29, 0.717) is 28.0 Å². The maximum atomic E-state index is 12.0. The average molecular weight is 407 g/mol. The normalized spacial score (nSPS) is 12.0. The highest BCUT2D eigenvalue weighted by molar-refractivity contribution is 5.93. The van der Waals surface area contributed by atoms with Gasteiger partial charge in [0.15, 0.2) is 5.65 Å². The lowest BCUT2D eigenvalue weighted by Gasteiger charge is -2.08. The number of nitrogens with one attached hydrogen (secondary N) is 1. The number of fused-ring (bicyclic) bond motifs is 1. The first-order valence-corrected chi connectivity index (χ1v) is 8.37. The van der Waals surface area contributed by atoms with Gasteiger partial charge in [-0.2, -0.15) is 13.2 Å². The van der Waals surface area contributed by atoms with Crippen molar-refractivity contribution in [1.82, 2.24) is 19.9 Å². The van der Waals surface area contributed by atoms with Crippen molar-refractivity contribution in [2.75, 3.05) is 19.8 Å².